The molecule has 0 aromatic carbocycles. The molecule has 1 fully saturated rings. The second-order valence-corrected chi connectivity index (χ2v) is 4.71. The van der Waals surface area contributed by atoms with Gasteiger partial charge in [0.05, 0.1) is 0 Å². The van der Waals surface area contributed by atoms with E-state index in [-0.39, 0.29) is 0 Å². The van der Waals surface area contributed by atoms with Gasteiger partial charge in [0, 0.05) is 19.3 Å². The molecule has 2 heteroatoms. The normalized spacial score (nSPS) is 19.6. The molecule has 1 aliphatic carbocycles. The van der Waals surface area contributed by atoms with Crippen molar-refractivity contribution in [2.24, 2.45) is 5.92 Å². The van der Waals surface area contributed by atoms with Gasteiger partial charge in [0.15, 0.2) is 0 Å². The van der Waals surface area contributed by atoms with Gasteiger partial charge in [-0.25, -0.2) is 0 Å². The zero-order valence-electron chi connectivity index (χ0n) is 10.4. The molecule has 0 spiro atoms. The molecule has 1 saturated carbocycles. The molecule has 0 aromatic rings. The number of hydrogen-bond donors (Lipinski definition) is 1. The summed E-state index contributed by atoms with van der Waals surface area (Å²) in [5, 5.41) is 3.45. The van der Waals surface area contributed by atoms with Gasteiger partial charge in [0.25, 0.3) is 0 Å². The average molecular weight is 213 g/mol. The lowest BCUT2D eigenvalue weighted by molar-refractivity contribution is 0.140. The van der Waals surface area contributed by atoms with E-state index in [1.165, 1.54) is 44.9 Å². The van der Waals surface area contributed by atoms with Gasteiger partial charge >= 0.3 is 0 Å². The lowest BCUT2D eigenvalue weighted by Gasteiger charge is -2.19. The van der Waals surface area contributed by atoms with Crippen LogP contribution in [0.2, 0.25) is 0 Å². The van der Waals surface area contributed by atoms with E-state index in [9.17, 15) is 0 Å². The Bertz CT molecular complexity index is 143. The van der Waals surface area contributed by atoms with Crippen LogP contribution in [-0.2, 0) is 4.74 Å². The molecule has 1 N–H and O–H groups in total. The molecule has 90 valence electrons. The van der Waals surface area contributed by atoms with E-state index in [4.69, 9.17) is 4.74 Å². The number of ether oxygens (including phenoxy) is 1. The zero-order valence-corrected chi connectivity index (χ0v) is 10.4. The van der Waals surface area contributed by atoms with Crippen LogP contribution >= 0.6 is 0 Å². The minimum atomic E-state index is 0.716. The van der Waals surface area contributed by atoms with Crippen LogP contribution in [0.4, 0.5) is 0 Å². The summed E-state index contributed by atoms with van der Waals surface area (Å²) >= 11 is 0. The van der Waals surface area contributed by atoms with Crippen molar-refractivity contribution in [2.45, 2.75) is 57.9 Å². The zero-order chi connectivity index (χ0) is 10.9. The van der Waals surface area contributed by atoms with Crippen molar-refractivity contribution < 1.29 is 4.74 Å². The average Bonchev–Trinajstić information content (AvgIpc) is 2.75. The van der Waals surface area contributed by atoms with Crippen molar-refractivity contribution in [2.75, 3.05) is 20.3 Å². The molecule has 0 saturated heterocycles. The predicted octanol–water partition coefficient (Wildman–Crippen LogP) is 2.97. The maximum absolute atomic E-state index is 5.37. The van der Waals surface area contributed by atoms with Crippen LogP contribution in [-0.4, -0.2) is 26.3 Å². The Hall–Kier alpha value is -0.0800. The molecule has 1 atom stereocenters. The monoisotopic (exact) mass is 213 g/mol. The molecule has 1 unspecified atom stereocenters. The summed E-state index contributed by atoms with van der Waals surface area (Å²) in [6.07, 6.45) is 9.69. The van der Waals surface area contributed by atoms with Crippen molar-refractivity contribution in [3.63, 3.8) is 0 Å². The molecule has 1 rings (SSSR count). The Balaban J connectivity index is 2.06. The van der Waals surface area contributed by atoms with E-state index in [0.29, 0.717) is 6.04 Å². The summed E-state index contributed by atoms with van der Waals surface area (Å²) in [5.74, 6) is 0.995. The third-order valence-electron chi connectivity index (χ3n) is 3.55. The van der Waals surface area contributed by atoms with Crippen molar-refractivity contribution in [1.29, 1.82) is 0 Å². The molecule has 0 radical (unpaired) electrons. The van der Waals surface area contributed by atoms with Crippen molar-refractivity contribution in [1.82, 2.24) is 5.32 Å². The Kier molecular flexibility index (Phi) is 7.03. The van der Waals surface area contributed by atoms with Crippen LogP contribution in [0.15, 0.2) is 0 Å². The van der Waals surface area contributed by atoms with Gasteiger partial charge in [-0.15, -0.1) is 0 Å². The van der Waals surface area contributed by atoms with Crippen LogP contribution in [0.5, 0.6) is 0 Å². The standard InChI is InChI=1S/C13H27NO/c1-3-15-10-6-9-13(14-2)11-12-7-4-5-8-12/h12-14H,3-11H2,1-2H3. The molecular formula is C13H27NO. The predicted molar refractivity (Wildman–Crippen MR) is 65.1 cm³/mol. The second-order valence-electron chi connectivity index (χ2n) is 4.71. The lowest BCUT2D eigenvalue weighted by Crippen LogP contribution is -2.27. The Morgan fingerprint density at radius 2 is 2.07 bits per heavy atom. The van der Waals surface area contributed by atoms with Crippen LogP contribution in [0.3, 0.4) is 0 Å². The van der Waals surface area contributed by atoms with E-state index >= 15 is 0 Å². The van der Waals surface area contributed by atoms with Gasteiger partial charge in [0.2, 0.25) is 0 Å². The first-order chi connectivity index (χ1) is 7.36. The molecular weight excluding hydrogens is 186 g/mol. The summed E-state index contributed by atoms with van der Waals surface area (Å²) in [5.41, 5.74) is 0. The SMILES string of the molecule is CCOCCCC(CC1CCCC1)NC. The fourth-order valence-electron chi connectivity index (χ4n) is 2.60. The van der Waals surface area contributed by atoms with Crippen molar-refractivity contribution >= 4 is 0 Å². The summed E-state index contributed by atoms with van der Waals surface area (Å²) in [6, 6.07) is 0.716. The van der Waals surface area contributed by atoms with Crippen LogP contribution in [0.1, 0.15) is 51.9 Å². The van der Waals surface area contributed by atoms with Gasteiger partial charge in [0.1, 0.15) is 0 Å². The highest BCUT2D eigenvalue weighted by molar-refractivity contribution is 4.74. The highest BCUT2D eigenvalue weighted by atomic mass is 16.5. The van der Waals surface area contributed by atoms with Crippen molar-refractivity contribution in [3.05, 3.63) is 0 Å². The summed E-state index contributed by atoms with van der Waals surface area (Å²) in [6.45, 7) is 3.85. The fraction of sp³-hybridized carbons (Fsp3) is 1.00. The van der Waals surface area contributed by atoms with Gasteiger partial charge in [-0.3, -0.25) is 0 Å². The summed E-state index contributed by atoms with van der Waals surface area (Å²) in [7, 11) is 2.10. The van der Waals surface area contributed by atoms with E-state index in [1.54, 1.807) is 0 Å². The van der Waals surface area contributed by atoms with Crippen LogP contribution in [0.25, 0.3) is 0 Å². The molecule has 2 nitrogen and oxygen atoms in total. The van der Waals surface area contributed by atoms with Gasteiger partial charge in [-0.2, -0.15) is 0 Å². The maximum atomic E-state index is 5.37. The van der Waals surface area contributed by atoms with Gasteiger partial charge < -0.3 is 10.1 Å². The van der Waals surface area contributed by atoms with E-state index in [2.05, 4.69) is 19.3 Å². The molecule has 0 aromatic heterocycles. The quantitative estimate of drug-likeness (QED) is 0.626. The highest BCUT2D eigenvalue weighted by Gasteiger charge is 2.18. The van der Waals surface area contributed by atoms with E-state index in [0.717, 1.165) is 19.1 Å². The molecule has 0 aliphatic heterocycles. The second kappa shape index (κ2) is 8.12. The first-order valence-electron chi connectivity index (χ1n) is 6.61. The Morgan fingerprint density at radius 1 is 1.33 bits per heavy atom. The lowest BCUT2D eigenvalue weighted by atomic mass is 9.96. The van der Waals surface area contributed by atoms with Crippen molar-refractivity contribution in [3.8, 4) is 0 Å². The molecule has 1 aliphatic rings. The number of nitrogens with one attached hydrogen (secondary N) is 1. The van der Waals surface area contributed by atoms with E-state index < -0.39 is 0 Å². The van der Waals surface area contributed by atoms with E-state index in [1.807, 2.05) is 0 Å². The first-order valence-corrected chi connectivity index (χ1v) is 6.61. The highest BCUT2D eigenvalue weighted by Crippen LogP contribution is 2.29. The summed E-state index contributed by atoms with van der Waals surface area (Å²) in [4.78, 5) is 0. The minimum Gasteiger partial charge on any atom is -0.382 e. The van der Waals surface area contributed by atoms with Gasteiger partial charge in [-0.05, 0) is 39.2 Å². The Morgan fingerprint density at radius 3 is 2.67 bits per heavy atom. The maximum Gasteiger partial charge on any atom is 0.0466 e. The van der Waals surface area contributed by atoms with Crippen LogP contribution < -0.4 is 5.32 Å². The Labute approximate surface area is 94.8 Å². The topological polar surface area (TPSA) is 21.3 Å². The fourth-order valence-corrected chi connectivity index (χ4v) is 2.60. The molecule has 0 heterocycles. The number of hydrogen-bond acceptors (Lipinski definition) is 2. The van der Waals surface area contributed by atoms with Gasteiger partial charge in [-0.1, -0.05) is 25.7 Å². The molecule has 0 amide bonds. The molecule has 0 bridgehead atoms. The third kappa shape index (κ3) is 5.53. The smallest absolute Gasteiger partial charge is 0.0466 e. The summed E-state index contributed by atoms with van der Waals surface area (Å²) < 4.78 is 5.37. The molecule has 15 heavy (non-hydrogen) atoms. The van der Waals surface area contributed by atoms with Crippen LogP contribution in [0, 0.1) is 5.92 Å². The minimum absolute atomic E-state index is 0.716. The number of rotatable bonds is 8. The largest absolute Gasteiger partial charge is 0.382 e. The first kappa shape index (κ1) is 13.0. The third-order valence-corrected chi connectivity index (χ3v) is 3.55.